The molecular weight excluding hydrogens is 264 g/mol. The Bertz CT molecular complexity index is 534. The molecule has 1 N–H and O–H groups in total. The predicted molar refractivity (Wildman–Crippen MR) is 71.4 cm³/mol. The fourth-order valence-corrected chi connectivity index (χ4v) is 1.75. The van der Waals surface area contributed by atoms with Crippen LogP contribution in [0.1, 0.15) is 24.9 Å². The van der Waals surface area contributed by atoms with Gasteiger partial charge < -0.3 is 14.5 Å². The zero-order valence-corrected chi connectivity index (χ0v) is 11.3. The van der Waals surface area contributed by atoms with E-state index < -0.39 is 11.6 Å². The molecular formula is C15H17F2NO2. The van der Waals surface area contributed by atoms with Gasteiger partial charge in [-0.1, -0.05) is 6.92 Å². The monoisotopic (exact) mass is 281 g/mol. The molecule has 0 bridgehead atoms. The van der Waals surface area contributed by atoms with Crippen LogP contribution in [0.25, 0.3) is 0 Å². The molecule has 0 fully saturated rings. The maximum absolute atomic E-state index is 13.0. The van der Waals surface area contributed by atoms with E-state index in [1.165, 1.54) is 0 Å². The number of nitrogens with one attached hydrogen (secondary N) is 1. The van der Waals surface area contributed by atoms with Crippen molar-refractivity contribution in [3.63, 3.8) is 0 Å². The number of benzene rings is 1. The second-order valence-electron chi connectivity index (χ2n) is 4.44. The van der Waals surface area contributed by atoms with Crippen LogP contribution >= 0.6 is 0 Å². The number of hydrogen-bond acceptors (Lipinski definition) is 3. The first kappa shape index (κ1) is 14.5. The van der Waals surface area contributed by atoms with Gasteiger partial charge >= 0.3 is 0 Å². The highest BCUT2D eigenvalue weighted by molar-refractivity contribution is 5.24. The maximum atomic E-state index is 13.0. The largest absolute Gasteiger partial charge is 0.485 e. The van der Waals surface area contributed by atoms with Crippen LogP contribution < -0.4 is 10.1 Å². The van der Waals surface area contributed by atoms with E-state index in [-0.39, 0.29) is 12.4 Å². The third-order valence-corrected chi connectivity index (χ3v) is 2.66. The molecule has 2 aromatic rings. The van der Waals surface area contributed by atoms with Crippen LogP contribution in [0.5, 0.6) is 5.75 Å². The van der Waals surface area contributed by atoms with Gasteiger partial charge in [0.25, 0.3) is 0 Å². The number of halogens is 2. The third kappa shape index (κ3) is 4.35. The lowest BCUT2D eigenvalue weighted by Gasteiger charge is -2.04. The number of ether oxygens (including phenoxy) is 1. The Labute approximate surface area is 116 Å². The van der Waals surface area contributed by atoms with Gasteiger partial charge in [-0.15, -0.1) is 0 Å². The van der Waals surface area contributed by atoms with Crippen molar-refractivity contribution >= 4 is 0 Å². The van der Waals surface area contributed by atoms with Gasteiger partial charge in [-0.2, -0.15) is 0 Å². The lowest BCUT2D eigenvalue weighted by molar-refractivity contribution is 0.263. The summed E-state index contributed by atoms with van der Waals surface area (Å²) in [7, 11) is 0. The van der Waals surface area contributed by atoms with E-state index >= 15 is 0 Å². The Morgan fingerprint density at radius 3 is 2.50 bits per heavy atom. The Morgan fingerprint density at radius 2 is 1.80 bits per heavy atom. The molecule has 0 saturated carbocycles. The fraction of sp³-hybridized carbons (Fsp3) is 0.333. The average Bonchev–Trinajstić information content (AvgIpc) is 2.84. The Kier molecular flexibility index (Phi) is 5.12. The molecule has 0 aliphatic carbocycles. The molecule has 20 heavy (non-hydrogen) atoms. The van der Waals surface area contributed by atoms with E-state index in [0.29, 0.717) is 12.3 Å². The Morgan fingerprint density at radius 1 is 1.10 bits per heavy atom. The first-order valence-electron chi connectivity index (χ1n) is 6.54. The summed E-state index contributed by atoms with van der Waals surface area (Å²) in [5.74, 6) is 0.239. The number of rotatable bonds is 7. The van der Waals surface area contributed by atoms with E-state index in [0.717, 1.165) is 36.9 Å². The SMILES string of the molecule is CCCNCc1ccc(COc2cc(F)cc(F)c2)o1. The summed E-state index contributed by atoms with van der Waals surface area (Å²) in [5.41, 5.74) is 0. The lowest BCUT2D eigenvalue weighted by Crippen LogP contribution is -2.13. The van der Waals surface area contributed by atoms with Gasteiger partial charge in [0.05, 0.1) is 6.54 Å². The molecule has 0 radical (unpaired) electrons. The van der Waals surface area contributed by atoms with Crippen LogP contribution in [0.15, 0.2) is 34.7 Å². The maximum Gasteiger partial charge on any atom is 0.146 e. The molecule has 3 nitrogen and oxygen atoms in total. The summed E-state index contributed by atoms with van der Waals surface area (Å²) in [5, 5.41) is 3.22. The third-order valence-electron chi connectivity index (χ3n) is 2.66. The van der Waals surface area contributed by atoms with Gasteiger partial charge in [-0.25, -0.2) is 8.78 Å². The van der Waals surface area contributed by atoms with E-state index in [1.54, 1.807) is 6.07 Å². The second-order valence-corrected chi connectivity index (χ2v) is 4.44. The minimum Gasteiger partial charge on any atom is -0.485 e. The minimum atomic E-state index is -0.663. The summed E-state index contributed by atoms with van der Waals surface area (Å²) in [4.78, 5) is 0. The van der Waals surface area contributed by atoms with Crippen molar-refractivity contribution in [1.82, 2.24) is 5.32 Å². The smallest absolute Gasteiger partial charge is 0.146 e. The molecule has 5 heteroatoms. The normalized spacial score (nSPS) is 10.8. The van der Waals surface area contributed by atoms with E-state index in [2.05, 4.69) is 12.2 Å². The highest BCUT2D eigenvalue weighted by Gasteiger charge is 2.05. The van der Waals surface area contributed by atoms with Crippen molar-refractivity contribution in [2.75, 3.05) is 6.54 Å². The topological polar surface area (TPSA) is 34.4 Å². The molecule has 0 saturated heterocycles. The minimum absolute atomic E-state index is 0.136. The van der Waals surface area contributed by atoms with Gasteiger partial charge in [0, 0.05) is 18.2 Å². The van der Waals surface area contributed by atoms with Crippen molar-refractivity contribution in [2.45, 2.75) is 26.5 Å². The van der Waals surface area contributed by atoms with Crippen LogP contribution in [0, 0.1) is 11.6 Å². The molecule has 0 spiro atoms. The standard InChI is InChI=1S/C15H17F2NO2/c1-2-5-18-9-13-3-4-14(20-13)10-19-15-7-11(16)6-12(17)8-15/h3-4,6-8,18H,2,5,9-10H2,1H3. The predicted octanol–water partition coefficient (Wildman–Crippen LogP) is 3.64. The van der Waals surface area contributed by atoms with E-state index in [4.69, 9.17) is 9.15 Å². The molecule has 0 atom stereocenters. The highest BCUT2D eigenvalue weighted by Crippen LogP contribution is 2.17. The van der Waals surface area contributed by atoms with Crippen molar-refractivity contribution in [3.05, 3.63) is 53.5 Å². The molecule has 2 rings (SSSR count). The first-order valence-corrected chi connectivity index (χ1v) is 6.54. The first-order chi connectivity index (χ1) is 9.67. The molecule has 1 aromatic carbocycles. The van der Waals surface area contributed by atoms with Crippen LogP contribution in [0.4, 0.5) is 8.78 Å². The van der Waals surface area contributed by atoms with Crippen LogP contribution in [-0.4, -0.2) is 6.54 Å². The summed E-state index contributed by atoms with van der Waals surface area (Å²) >= 11 is 0. The second kappa shape index (κ2) is 7.05. The zero-order valence-electron chi connectivity index (χ0n) is 11.3. The summed E-state index contributed by atoms with van der Waals surface area (Å²) in [6.45, 7) is 3.81. The van der Waals surface area contributed by atoms with Gasteiger partial charge in [-0.3, -0.25) is 0 Å². The van der Waals surface area contributed by atoms with E-state index in [9.17, 15) is 8.78 Å². The van der Waals surface area contributed by atoms with Crippen LogP contribution in [0.3, 0.4) is 0 Å². The molecule has 108 valence electrons. The van der Waals surface area contributed by atoms with Gasteiger partial charge in [0.1, 0.15) is 35.5 Å². The molecule has 1 aromatic heterocycles. The van der Waals surface area contributed by atoms with Crippen LogP contribution in [0.2, 0.25) is 0 Å². The quantitative estimate of drug-likeness (QED) is 0.787. The van der Waals surface area contributed by atoms with E-state index in [1.807, 2.05) is 6.07 Å². The molecule has 0 aliphatic heterocycles. The van der Waals surface area contributed by atoms with Crippen molar-refractivity contribution in [1.29, 1.82) is 0 Å². The van der Waals surface area contributed by atoms with Crippen molar-refractivity contribution in [2.24, 2.45) is 0 Å². The Balaban J connectivity index is 1.87. The van der Waals surface area contributed by atoms with Crippen molar-refractivity contribution < 1.29 is 17.9 Å². The van der Waals surface area contributed by atoms with Crippen molar-refractivity contribution in [3.8, 4) is 5.75 Å². The number of hydrogen-bond donors (Lipinski definition) is 1. The molecule has 0 amide bonds. The molecule has 0 aliphatic rings. The van der Waals surface area contributed by atoms with Gasteiger partial charge in [0.15, 0.2) is 0 Å². The summed E-state index contributed by atoms with van der Waals surface area (Å²) < 4.78 is 36.8. The molecule has 0 unspecified atom stereocenters. The van der Waals surface area contributed by atoms with Gasteiger partial charge in [-0.05, 0) is 25.1 Å². The lowest BCUT2D eigenvalue weighted by atomic mass is 10.3. The highest BCUT2D eigenvalue weighted by atomic mass is 19.1. The Hall–Kier alpha value is -1.88. The number of furan rings is 1. The summed E-state index contributed by atoms with van der Waals surface area (Å²) in [6, 6.07) is 6.72. The fourth-order valence-electron chi connectivity index (χ4n) is 1.75. The zero-order chi connectivity index (χ0) is 14.4. The van der Waals surface area contributed by atoms with Crippen LogP contribution in [-0.2, 0) is 13.2 Å². The van der Waals surface area contributed by atoms with Gasteiger partial charge in [0.2, 0.25) is 0 Å². The average molecular weight is 281 g/mol. The molecule has 1 heterocycles. The summed E-state index contributed by atoms with van der Waals surface area (Å²) in [6.07, 6.45) is 1.06.